The van der Waals surface area contributed by atoms with Crippen molar-refractivity contribution in [2.75, 3.05) is 13.2 Å². The first kappa shape index (κ1) is 15.5. The second-order valence-corrected chi connectivity index (χ2v) is 5.26. The van der Waals surface area contributed by atoms with E-state index < -0.39 is 0 Å². The molecule has 112 valence electrons. The predicted molar refractivity (Wildman–Crippen MR) is 86.7 cm³/mol. The average molecular weight is 284 g/mol. The largest absolute Gasteiger partial charge is 0.493 e. The lowest BCUT2D eigenvalue weighted by Crippen LogP contribution is -2.12. The minimum absolute atomic E-state index is 0.658. The molecule has 0 aliphatic rings. The molecule has 0 amide bonds. The van der Waals surface area contributed by atoms with Gasteiger partial charge in [-0.3, -0.25) is 4.98 Å². The lowest BCUT2D eigenvalue weighted by atomic mass is 10.1. The summed E-state index contributed by atoms with van der Waals surface area (Å²) in [5.74, 6) is 1.01. The van der Waals surface area contributed by atoms with Crippen LogP contribution in [0.5, 0.6) is 5.75 Å². The Morgan fingerprint density at radius 1 is 1.14 bits per heavy atom. The predicted octanol–water partition coefficient (Wildman–Crippen LogP) is 3.43. The van der Waals surface area contributed by atoms with E-state index in [1.54, 1.807) is 0 Å². The van der Waals surface area contributed by atoms with E-state index in [1.807, 2.05) is 24.4 Å². The number of ether oxygens (including phenoxy) is 1. The molecule has 1 N–H and O–H groups in total. The van der Waals surface area contributed by atoms with Gasteiger partial charge in [0.2, 0.25) is 0 Å². The van der Waals surface area contributed by atoms with Crippen molar-refractivity contribution in [1.29, 1.82) is 0 Å². The van der Waals surface area contributed by atoms with Crippen LogP contribution in [0.15, 0.2) is 36.5 Å². The van der Waals surface area contributed by atoms with Crippen molar-refractivity contribution in [2.24, 2.45) is 0 Å². The highest BCUT2D eigenvalue weighted by molar-refractivity contribution is 5.43. The first-order valence-corrected chi connectivity index (χ1v) is 7.54. The van der Waals surface area contributed by atoms with Gasteiger partial charge in [-0.2, -0.15) is 0 Å². The molecule has 0 bridgehead atoms. The zero-order valence-electron chi connectivity index (χ0n) is 13.1. The van der Waals surface area contributed by atoms with Gasteiger partial charge in [-0.05, 0) is 49.2 Å². The zero-order chi connectivity index (χ0) is 15.1. The third-order valence-corrected chi connectivity index (χ3v) is 3.43. The SMILES string of the molecule is CCNCc1cc(C)c(OCCc2ccccn2)c(C)c1. The summed E-state index contributed by atoms with van der Waals surface area (Å²) in [6, 6.07) is 10.4. The molecule has 0 saturated heterocycles. The summed E-state index contributed by atoms with van der Waals surface area (Å²) in [5, 5.41) is 3.35. The van der Waals surface area contributed by atoms with Crippen molar-refractivity contribution in [3.8, 4) is 5.75 Å². The standard InChI is InChI=1S/C18H24N2O/c1-4-19-13-16-11-14(2)18(15(3)12-16)21-10-8-17-7-5-6-9-20-17/h5-7,9,11-12,19H,4,8,10,13H2,1-3H3. The minimum Gasteiger partial charge on any atom is -0.493 e. The van der Waals surface area contributed by atoms with Crippen molar-refractivity contribution in [2.45, 2.75) is 33.7 Å². The molecular formula is C18H24N2O. The number of benzene rings is 1. The summed E-state index contributed by atoms with van der Waals surface area (Å²) in [7, 11) is 0. The Morgan fingerprint density at radius 2 is 1.90 bits per heavy atom. The molecule has 2 rings (SSSR count). The van der Waals surface area contributed by atoms with E-state index in [9.17, 15) is 0 Å². The smallest absolute Gasteiger partial charge is 0.125 e. The zero-order valence-corrected chi connectivity index (χ0v) is 13.1. The van der Waals surface area contributed by atoms with Crippen LogP contribution >= 0.6 is 0 Å². The summed E-state index contributed by atoms with van der Waals surface area (Å²) < 4.78 is 5.97. The topological polar surface area (TPSA) is 34.1 Å². The second-order valence-electron chi connectivity index (χ2n) is 5.26. The molecule has 1 aromatic heterocycles. The van der Waals surface area contributed by atoms with Crippen LogP contribution in [0, 0.1) is 13.8 Å². The average Bonchev–Trinajstić information content (AvgIpc) is 2.49. The normalized spacial score (nSPS) is 10.6. The molecule has 0 fully saturated rings. The van der Waals surface area contributed by atoms with Crippen LogP contribution in [0.1, 0.15) is 29.3 Å². The second kappa shape index (κ2) is 7.79. The fourth-order valence-electron chi connectivity index (χ4n) is 2.44. The maximum absolute atomic E-state index is 5.97. The van der Waals surface area contributed by atoms with Gasteiger partial charge in [-0.15, -0.1) is 0 Å². The van der Waals surface area contributed by atoms with Crippen molar-refractivity contribution in [1.82, 2.24) is 10.3 Å². The Labute approximate surface area is 127 Å². The number of aromatic nitrogens is 1. The van der Waals surface area contributed by atoms with Crippen LogP contribution in [0.4, 0.5) is 0 Å². The van der Waals surface area contributed by atoms with E-state index in [1.165, 1.54) is 16.7 Å². The van der Waals surface area contributed by atoms with Crippen LogP contribution < -0.4 is 10.1 Å². The molecule has 0 radical (unpaired) electrons. The fourth-order valence-corrected chi connectivity index (χ4v) is 2.44. The van der Waals surface area contributed by atoms with E-state index >= 15 is 0 Å². The van der Waals surface area contributed by atoms with Crippen molar-refractivity contribution >= 4 is 0 Å². The number of aryl methyl sites for hydroxylation is 2. The van der Waals surface area contributed by atoms with Gasteiger partial charge in [0.15, 0.2) is 0 Å². The molecule has 0 spiro atoms. The molecule has 1 heterocycles. The third kappa shape index (κ3) is 4.57. The van der Waals surface area contributed by atoms with Crippen molar-refractivity contribution in [3.63, 3.8) is 0 Å². The van der Waals surface area contributed by atoms with E-state index in [-0.39, 0.29) is 0 Å². The monoisotopic (exact) mass is 284 g/mol. The maximum atomic E-state index is 5.97. The van der Waals surface area contributed by atoms with E-state index in [4.69, 9.17) is 4.74 Å². The minimum atomic E-state index is 0.658. The highest BCUT2D eigenvalue weighted by atomic mass is 16.5. The van der Waals surface area contributed by atoms with Gasteiger partial charge >= 0.3 is 0 Å². The molecule has 0 aliphatic heterocycles. The number of hydrogen-bond acceptors (Lipinski definition) is 3. The van der Waals surface area contributed by atoms with Gasteiger partial charge in [-0.1, -0.05) is 25.1 Å². The number of nitrogens with zero attached hydrogens (tertiary/aromatic N) is 1. The summed E-state index contributed by atoms with van der Waals surface area (Å²) in [6.07, 6.45) is 2.65. The molecule has 1 aromatic carbocycles. The first-order chi connectivity index (χ1) is 10.2. The summed E-state index contributed by atoms with van der Waals surface area (Å²) in [6.45, 7) is 8.89. The van der Waals surface area contributed by atoms with Gasteiger partial charge in [0.25, 0.3) is 0 Å². The van der Waals surface area contributed by atoms with Crippen LogP contribution in [0.2, 0.25) is 0 Å². The molecule has 0 aliphatic carbocycles. The molecule has 0 saturated carbocycles. The van der Waals surface area contributed by atoms with Gasteiger partial charge < -0.3 is 10.1 Å². The Morgan fingerprint density at radius 3 is 2.52 bits per heavy atom. The highest BCUT2D eigenvalue weighted by Gasteiger charge is 2.06. The molecule has 2 aromatic rings. The van der Waals surface area contributed by atoms with Gasteiger partial charge in [0.1, 0.15) is 5.75 Å². The van der Waals surface area contributed by atoms with Crippen molar-refractivity contribution < 1.29 is 4.74 Å². The van der Waals surface area contributed by atoms with Crippen LogP contribution in [0.25, 0.3) is 0 Å². The lowest BCUT2D eigenvalue weighted by Gasteiger charge is -2.14. The third-order valence-electron chi connectivity index (χ3n) is 3.43. The Bertz CT molecular complexity index is 544. The van der Waals surface area contributed by atoms with Crippen molar-refractivity contribution in [3.05, 3.63) is 58.9 Å². The summed E-state index contributed by atoms with van der Waals surface area (Å²) in [4.78, 5) is 4.31. The Balaban J connectivity index is 1.96. The van der Waals surface area contributed by atoms with Crippen LogP contribution in [-0.4, -0.2) is 18.1 Å². The fraction of sp³-hybridized carbons (Fsp3) is 0.389. The molecule has 21 heavy (non-hydrogen) atoms. The molecule has 0 atom stereocenters. The lowest BCUT2D eigenvalue weighted by molar-refractivity contribution is 0.316. The van der Waals surface area contributed by atoms with Gasteiger partial charge in [0.05, 0.1) is 6.61 Å². The van der Waals surface area contributed by atoms with E-state index in [0.717, 1.165) is 31.0 Å². The molecule has 3 nitrogen and oxygen atoms in total. The Kier molecular flexibility index (Phi) is 5.76. The number of rotatable bonds is 7. The molecule has 3 heteroatoms. The van der Waals surface area contributed by atoms with E-state index in [2.05, 4.69) is 43.2 Å². The van der Waals surface area contributed by atoms with Crippen LogP contribution in [0.3, 0.4) is 0 Å². The van der Waals surface area contributed by atoms with Crippen LogP contribution in [-0.2, 0) is 13.0 Å². The number of pyridine rings is 1. The Hall–Kier alpha value is -1.87. The maximum Gasteiger partial charge on any atom is 0.125 e. The molecular weight excluding hydrogens is 260 g/mol. The van der Waals surface area contributed by atoms with Gasteiger partial charge in [-0.25, -0.2) is 0 Å². The first-order valence-electron chi connectivity index (χ1n) is 7.54. The highest BCUT2D eigenvalue weighted by Crippen LogP contribution is 2.25. The number of nitrogens with one attached hydrogen (secondary N) is 1. The van der Waals surface area contributed by atoms with E-state index in [0.29, 0.717) is 6.61 Å². The van der Waals surface area contributed by atoms with Gasteiger partial charge in [0, 0.05) is 24.9 Å². The summed E-state index contributed by atoms with van der Waals surface area (Å²) in [5.41, 5.74) is 4.77. The quantitative estimate of drug-likeness (QED) is 0.846. The summed E-state index contributed by atoms with van der Waals surface area (Å²) >= 11 is 0. The number of hydrogen-bond donors (Lipinski definition) is 1. The molecule has 0 unspecified atom stereocenters.